The third-order valence-electron chi connectivity index (χ3n) is 4.51. The molecule has 0 radical (unpaired) electrons. The van der Waals surface area contributed by atoms with E-state index in [9.17, 15) is 9.59 Å². The molecule has 140 valence electrons. The molecular weight excluding hydrogens is 385 g/mol. The predicted octanol–water partition coefficient (Wildman–Crippen LogP) is 4.66. The molecule has 1 amide bonds. The number of hydrogen-bond acceptors (Lipinski definition) is 3. The minimum Gasteiger partial charge on any atom is -0.462 e. The zero-order chi connectivity index (χ0) is 19.4. The van der Waals surface area contributed by atoms with Crippen LogP contribution >= 0.6 is 23.2 Å². The third-order valence-corrected chi connectivity index (χ3v) is 5.35. The van der Waals surface area contributed by atoms with Crippen LogP contribution in [0.5, 0.6) is 0 Å². The van der Waals surface area contributed by atoms with Crippen molar-refractivity contribution in [1.29, 1.82) is 0 Å². The lowest BCUT2D eigenvalue weighted by molar-refractivity contribution is -0.139. The van der Waals surface area contributed by atoms with Crippen molar-refractivity contribution >= 4 is 35.1 Å². The second-order valence-corrected chi connectivity index (χ2v) is 7.14. The molecule has 2 aromatic carbocycles. The summed E-state index contributed by atoms with van der Waals surface area (Å²) in [5.74, 6) is -1.12. The van der Waals surface area contributed by atoms with Gasteiger partial charge in [-0.3, -0.25) is 4.79 Å². The Morgan fingerprint density at radius 2 is 1.89 bits per heavy atom. The van der Waals surface area contributed by atoms with Crippen LogP contribution in [0, 0.1) is 0 Å². The summed E-state index contributed by atoms with van der Waals surface area (Å²) in [6.45, 7) is 1.94. The van der Waals surface area contributed by atoms with Crippen LogP contribution < -0.4 is 5.32 Å². The zero-order valence-corrected chi connectivity index (χ0v) is 16.3. The molecule has 1 heterocycles. The lowest BCUT2D eigenvalue weighted by atomic mass is 9.84. The van der Waals surface area contributed by atoms with Gasteiger partial charge in [-0.25, -0.2) is 4.79 Å². The number of rotatable bonds is 5. The summed E-state index contributed by atoms with van der Waals surface area (Å²) in [5.41, 5.74) is 2.62. The van der Waals surface area contributed by atoms with E-state index in [0.29, 0.717) is 33.3 Å². The van der Waals surface area contributed by atoms with Gasteiger partial charge in [-0.05, 0) is 24.1 Å². The molecule has 6 heteroatoms. The number of allylic oxidation sites excluding steroid dienone is 1. The molecule has 0 fully saturated rings. The van der Waals surface area contributed by atoms with Crippen LogP contribution in [0.1, 0.15) is 30.4 Å². The summed E-state index contributed by atoms with van der Waals surface area (Å²) in [7, 11) is 0. The Hall–Kier alpha value is -2.30. The van der Waals surface area contributed by atoms with Crippen LogP contribution in [0.25, 0.3) is 0 Å². The molecule has 0 saturated heterocycles. The maximum atomic E-state index is 12.8. The molecule has 1 N–H and O–H groups in total. The number of nitrogens with one attached hydrogen (secondary N) is 1. The van der Waals surface area contributed by atoms with Crippen LogP contribution in [-0.2, 0) is 20.7 Å². The summed E-state index contributed by atoms with van der Waals surface area (Å²) >= 11 is 12.5. The van der Waals surface area contributed by atoms with Gasteiger partial charge in [0.2, 0.25) is 5.91 Å². The Labute approximate surface area is 168 Å². The van der Waals surface area contributed by atoms with E-state index in [1.165, 1.54) is 0 Å². The van der Waals surface area contributed by atoms with Gasteiger partial charge in [-0.1, -0.05) is 65.7 Å². The summed E-state index contributed by atoms with van der Waals surface area (Å²) < 4.78 is 5.49. The molecule has 0 spiro atoms. The lowest BCUT2D eigenvalue weighted by Crippen LogP contribution is -2.34. The van der Waals surface area contributed by atoms with E-state index in [1.54, 1.807) is 25.1 Å². The fraction of sp³-hybridized carbons (Fsp3) is 0.238. The van der Waals surface area contributed by atoms with Crippen LogP contribution in [0.4, 0.5) is 0 Å². The summed E-state index contributed by atoms with van der Waals surface area (Å²) in [6, 6.07) is 15.0. The number of ether oxygens (including phenoxy) is 1. The van der Waals surface area contributed by atoms with Crippen molar-refractivity contribution in [3.8, 4) is 0 Å². The number of carbonyl (C=O) groups excluding carboxylic acids is 2. The van der Waals surface area contributed by atoms with Gasteiger partial charge in [0, 0.05) is 24.5 Å². The molecule has 1 atom stereocenters. The molecule has 0 aliphatic carbocycles. The fourth-order valence-corrected chi connectivity index (χ4v) is 3.65. The first-order valence-corrected chi connectivity index (χ1v) is 9.38. The first kappa shape index (κ1) is 19.5. The Balaban J connectivity index is 1.81. The van der Waals surface area contributed by atoms with E-state index in [1.807, 2.05) is 30.3 Å². The second kappa shape index (κ2) is 8.59. The molecule has 0 saturated carbocycles. The SMILES string of the molecule is CC1=C(C(=O)OCCc2ccccc2)[C@H](c2cccc(Cl)c2Cl)CC(=O)N1. The predicted molar refractivity (Wildman–Crippen MR) is 106 cm³/mol. The summed E-state index contributed by atoms with van der Waals surface area (Å²) in [4.78, 5) is 24.8. The highest BCUT2D eigenvalue weighted by atomic mass is 35.5. The van der Waals surface area contributed by atoms with Gasteiger partial charge in [-0.2, -0.15) is 0 Å². The van der Waals surface area contributed by atoms with E-state index in [0.717, 1.165) is 5.56 Å². The van der Waals surface area contributed by atoms with Crippen molar-refractivity contribution < 1.29 is 14.3 Å². The first-order chi connectivity index (χ1) is 13.0. The number of carbonyl (C=O) groups is 2. The molecule has 27 heavy (non-hydrogen) atoms. The van der Waals surface area contributed by atoms with Gasteiger partial charge < -0.3 is 10.1 Å². The van der Waals surface area contributed by atoms with Gasteiger partial charge in [-0.15, -0.1) is 0 Å². The Morgan fingerprint density at radius 1 is 1.15 bits per heavy atom. The second-order valence-electron chi connectivity index (χ2n) is 6.36. The minimum atomic E-state index is -0.492. The van der Waals surface area contributed by atoms with E-state index >= 15 is 0 Å². The molecule has 0 unspecified atom stereocenters. The Bertz CT molecular complexity index is 894. The van der Waals surface area contributed by atoms with Crippen LogP contribution in [-0.4, -0.2) is 18.5 Å². The molecule has 1 aliphatic rings. The average molecular weight is 404 g/mol. The number of halogens is 2. The zero-order valence-electron chi connectivity index (χ0n) is 14.8. The molecule has 4 nitrogen and oxygen atoms in total. The maximum Gasteiger partial charge on any atom is 0.336 e. The van der Waals surface area contributed by atoms with Crippen LogP contribution in [0.2, 0.25) is 10.0 Å². The molecule has 2 aromatic rings. The van der Waals surface area contributed by atoms with Crippen molar-refractivity contribution in [2.45, 2.75) is 25.7 Å². The number of hydrogen-bond donors (Lipinski definition) is 1. The topological polar surface area (TPSA) is 55.4 Å². The number of benzene rings is 2. The average Bonchev–Trinajstić information content (AvgIpc) is 2.64. The highest BCUT2D eigenvalue weighted by Gasteiger charge is 2.34. The fourth-order valence-electron chi connectivity index (χ4n) is 3.21. The third kappa shape index (κ3) is 4.52. The van der Waals surface area contributed by atoms with E-state index < -0.39 is 11.9 Å². The Morgan fingerprint density at radius 3 is 2.63 bits per heavy atom. The van der Waals surface area contributed by atoms with Crippen molar-refractivity contribution in [3.63, 3.8) is 0 Å². The first-order valence-electron chi connectivity index (χ1n) is 8.63. The highest BCUT2D eigenvalue weighted by molar-refractivity contribution is 6.42. The lowest BCUT2D eigenvalue weighted by Gasteiger charge is -2.27. The van der Waals surface area contributed by atoms with Crippen molar-refractivity contribution in [2.75, 3.05) is 6.61 Å². The normalized spacial score (nSPS) is 16.9. The maximum absolute atomic E-state index is 12.8. The molecule has 0 bridgehead atoms. The Kier molecular flexibility index (Phi) is 6.19. The monoisotopic (exact) mass is 403 g/mol. The van der Waals surface area contributed by atoms with Gasteiger partial charge in [0.25, 0.3) is 0 Å². The molecule has 3 rings (SSSR count). The van der Waals surface area contributed by atoms with Gasteiger partial charge >= 0.3 is 5.97 Å². The summed E-state index contributed by atoms with van der Waals surface area (Å²) in [6.07, 6.45) is 0.731. The van der Waals surface area contributed by atoms with Crippen molar-refractivity contribution in [2.24, 2.45) is 0 Å². The van der Waals surface area contributed by atoms with E-state index in [4.69, 9.17) is 27.9 Å². The molecular formula is C21H19Cl2NO3. The highest BCUT2D eigenvalue weighted by Crippen LogP contribution is 2.39. The molecule has 0 aromatic heterocycles. The quantitative estimate of drug-likeness (QED) is 0.738. The van der Waals surface area contributed by atoms with E-state index in [2.05, 4.69) is 5.32 Å². The van der Waals surface area contributed by atoms with Crippen molar-refractivity contribution in [3.05, 3.63) is 81.0 Å². The number of amides is 1. The van der Waals surface area contributed by atoms with Crippen LogP contribution in [0.15, 0.2) is 59.8 Å². The molecule has 1 aliphatic heterocycles. The smallest absolute Gasteiger partial charge is 0.336 e. The largest absolute Gasteiger partial charge is 0.462 e. The number of esters is 1. The van der Waals surface area contributed by atoms with Gasteiger partial charge in [0.05, 0.1) is 22.2 Å². The standard InChI is InChI=1S/C21H19Cl2NO3/c1-13-19(21(26)27-11-10-14-6-3-2-4-7-14)16(12-18(25)24-13)15-8-5-9-17(22)20(15)23/h2-9,16H,10-12H2,1H3,(H,24,25)/t16-/m0/s1. The van der Waals surface area contributed by atoms with E-state index in [-0.39, 0.29) is 18.9 Å². The van der Waals surface area contributed by atoms with Gasteiger partial charge in [0.1, 0.15) is 0 Å². The van der Waals surface area contributed by atoms with Crippen molar-refractivity contribution in [1.82, 2.24) is 5.32 Å². The minimum absolute atomic E-state index is 0.112. The van der Waals surface area contributed by atoms with Gasteiger partial charge in [0.15, 0.2) is 0 Å². The van der Waals surface area contributed by atoms with Crippen LogP contribution in [0.3, 0.4) is 0 Å². The summed E-state index contributed by atoms with van der Waals surface area (Å²) in [5, 5.41) is 3.45.